The average Bonchev–Trinajstić information content (AvgIpc) is 2.65. The van der Waals surface area contributed by atoms with Crippen LogP contribution in [0.25, 0.3) is 0 Å². The summed E-state index contributed by atoms with van der Waals surface area (Å²) in [6.45, 7) is 6.02. The fourth-order valence-electron chi connectivity index (χ4n) is 2.16. The minimum absolute atomic E-state index is 0.137. The molecule has 0 saturated carbocycles. The maximum Gasteiger partial charge on any atom is 0.170 e. The van der Waals surface area contributed by atoms with Crippen LogP contribution in [-0.4, -0.2) is 15.6 Å². The molecule has 3 heteroatoms. The fourth-order valence-corrected chi connectivity index (χ4v) is 2.16. The van der Waals surface area contributed by atoms with Crippen LogP contribution in [0.4, 0.5) is 0 Å². The van der Waals surface area contributed by atoms with Crippen molar-refractivity contribution in [1.82, 2.24) is 9.78 Å². The van der Waals surface area contributed by atoms with Gasteiger partial charge in [0.25, 0.3) is 0 Å². The van der Waals surface area contributed by atoms with E-state index in [1.165, 1.54) is 11.1 Å². The number of hydrogen-bond acceptors (Lipinski definition) is 2. The molecule has 0 aliphatic heterocycles. The molecule has 0 saturated heterocycles. The number of ketones is 1. The van der Waals surface area contributed by atoms with Gasteiger partial charge in [-0.2, -0.15) is 5.10 Å². The van der Waals surface area contributed by atoms with Crippen LogP contribution in [0.1, 0.15) is 32.7 Å². The summed E-state index contributed by atoms with van der Waals surface area (Å²) in [5, 5.41) is 4.12. The normalized spacial score (nSPS) is 10.7. The number of rotatable bonds is 3. The van der Waals surface area contributed by atoms with E-state index < -0.39 is 0 Å². The largest absolute Gasteiger partial charge is 0.294 e. The van der Waals surface area contributed by atoms with Crippen molar-refractivity contribution in [3.8, 4) is 0 Å². The molecule has 0 aliphatic carbocycles. The number of carbonyl (C=O) groups is 1. The van der Waals surface area contributed by atoms with Crippen molar-refractivity contribution in [3.05, 3.63) is 52.3 Å². The van der Waals surface area contributed by atoms with Crippen LogP contribution in [0, 0.1) is 20.8 Å². The Labute approximate surface area is 107 Å². The van der Waals surface area contributed by atoms with Gasteiger partial charge in [0.05, 0.1) is 11.8 Å². The van der Waals surface area contributed by atoms with Crippen molar-refractivity contribution in [2.24, 2.45) is 7.05 Å². The van der Waals surface area contributed by atoms with Crippen LogP contribution in [0.2, 0.25) is 0 Å². The highest BCUT2D eigenvalue weighted by Crippen LogP contribution is 2.17. The van der Waals surface area contributed by atoms with Gasteiger partial charge >= 0.3 is 0 Å². The summed E-state index contributed by atoms with van der Waals surface area (Å²) in [5.41, 5.74) is 5.12. The molecule has 0 radical (unpaired) electrons. The number of carbonyl (C=O) groups excluding carboxylic acids is 1. The molecule has 2 aromatic rings. The van der Waals surface area contributed by atoms with Crippen LogP contribution >= 0.6 is 0 Å². The molecule has 0 aliphatic rings. The first-order chi connectivity index (χ1) is 8.50. The van der Waals surface area contributed by atoms with E-state index in [2.05, 4.69) is 5.10 Å². The Morgan fingerprint density at radius 1 is 1.22 bits per heavy atom. The van der Waals surface area contributed by atoms with Gasteiger partial charge < -0.3 is 0 Å². The maximum atomic E-state index is 12.3. The third kappa shape index (κ3) is 2.21. The van der Waals surface area contributed by atoms with Crippen LogP contribution in [0.15, 0.2) is 24.4 Å². The van der Waals surface area contributed by atoms with Crippen LogP contribution in [-0.2, 0) is 13.5 Å². The molecule has 94 valence electrons. The summed E-state index contributed by atoms with van der Waals surface area (Å²) in [6.07, 6.45) is 2.11. The van der Waals surface area contributed by atoms with Crippen molar-refractivity contribution in [1.29, 1.82) is 0 Å². The molecule has 1 aromatic heterocycles. The van der Waals surface area contributed by atoms with Gasteiger partial charge in [-0.15, -0.1) is 0 Å². The van der Waals surface area contributed by atoms with Gasteiger partial charge in [-0.3, -0.25) is 9.48 Å². The molecule has 2 rings (SSSR count). The zero-order chi connectivity index (χ0) is 13.3. The number of Topliss-reactive ketones (excluding diaryl/α,β-unsaturated/α-hetero) is 1. The number of aromatic nitrogens is 2. The summed E-state index contributed by atoms with van der Waals surface area (Å²) in [4.78, 5) is 12.3. The number of hydrogen-bond donors (Lipinski definition) is 0. The highest BCUT2D eigenvalue weighted by atomic mass is 16.1. The Kier molecular flexibility index (Phi) is 3.32. The Morgan fingerprint density at radius 2 is 1.83 bits per heavy atom. The van der Waals surface area contributed by atoms with E-state index in [1.54, 1.807) is 10.9 Å². The van der Waals surface area contributed by atoms with Crippen LogP contribution in [0.5, 0.6) is 0 Å². The van der Waals surface area contributed by atoms with E-state index >= 15 is 0 Å². The van der Waals surface area contributed by atoms with Gasteiger partial charge in [-0.05, 0) is 37.5 Å². The van der Waals surface area contributed by atoms with Gasteiger partial charge in [-0.1, -0.05) is 18.2 Å². The Balaban J connectivity index is 2.30. The van der Waals surface area contributed by atoms with E-state index in [9.17, 15) is 4.79 Å². The van der Waals surface area contributed by atoms with E-state index in [1.807, 2.05) is 46.0 Å². The number of benzene rings is 1. The minimum Gasteiger partial charge on any atom is -0.294 e. The summed E-state index contributed by atoms with van der Waals surface area (Å²) >= 11 is 0. The predicted octanol–water partition coefficient (Wildman–Crippen LogP) is 2.77. The van der Waals surface area contributed by atoms with Crippen molar-refractivity contribution in [2.75, 3.05) is 0 Å². The van der Waals surface area contributed by atoms with Crippen LogP contribution in [0.3, 0.4) is 0 Å². The lowest BCUT2D eigenvalue weighted by Crippen LogP contribution is -2.07. The average molecular weight is 242 g/mol. The Morgan fingerprint density at radius 3 is 2.33 bits per heavy atom. The molecule has 1 heterocycles. The lowest BCUT2D eigenvalue weighted by atomic mass is 9.96. The number of aryl methyl sites for hydroxylation is 3. The smallest absolute Gasteiger partial charge is 0.170 e. The quantitative estimate of drug-likeness (QED) is 0.776. The van der Waals surface area contributed by atoms with E-state index in [4.69, 9.17) is 0 Å². The SMILES string of the molecule is Cc1cccc(C)c1CC(=O)c1cnn(C)c1C. The lowest BCUT2D eigenvalue weighted by molar-refractivity contribution is 0.0992. The zero-order valence-corrected chi connectivity index (χ0v) is 11.3. The Hall–Kier alpha value is -1.90. The maximum absolute atomic E-state index is 12.3. The first kappa shape index (κ1) is 12.6. The highest BCUT2D eigenvalue weighted by molar-refractivity contribution is 5.98. The predicted molar refractivity (Wildman–Crippen MR) is 71.9 cm³/mol. The molecule has 0 atom stereocenters. The van der Waals surface area contributed by atoms with E-state index in [0.29, 0.717) is 6.42 Å². The molecule has 0 bridgehead atoms. The molecule has 0 spiro atoms. The molecule has 1 aromatic carbocycles. The first-order valence-electron chi connectivity index (χ1n) is 6.07. The summed E-state index contributed by atoms with van der Waals surface area (Å²) in [5.74, 6) is 0.137. The first-order valence-corrected chi connectivity index (χ1v) is 6.07. The van der Waals surface area contributed by atoms with Gasteiger partial charge in [0, 0.05) is 19.2 Å². The molecule has 0 fully saturated rings. The molecular weight excluding hydrogens is 224 g/mol. The molecular formula is C15H18N2O. The fraction of sp³-hybridized carbons (Fsp3) is 0.333. The number of nitrogens with zero attached hydrogens (tertiary/aromatic N) is 2. The second-order valence-electron chi connectivity index (χ2n) is 4.74. The van der Waals surface area contributed by atoms with Crippen molar-refractivity contribution >= 4 is 5.78 Å². The van der Waals surface area contributed by atoms with Gasteiger partial charge in [0.2, 0.25) is 0 Å². The highest BCUT2D eigenvalue weighted by Gasteiger charge is 2.15. The van der Waals surface area contributed by atoms with Gasteiger partial charge in [0.15, 0.2) is 5.78 Å². The summed E-state index contributed by atoms with van der Waals surface area (Å²) < 4.78 is 1.73. The van der Waals surface area contributed by atoms with Crippen molar-refractivity contribution in [3.63, 3.8) is 0 Å². The zero-order valence-electron chi connectivity index (χ0n) is 11.3. The standard InChI is InChI=1S/C15H18N2O/c1-10-6-5-7-11(2)13(10)8-15(18)14-9-16-17(4)12(14)3/h5-7,9H,8H2,1-4H3. The third-order valence-electron chi connectivity index (χ3n) is 3.52. The monoisotopic (exact) mass is 242 g/mol. The molecule has 0 unspecified atom stereocenters. The minimum atomic E-state index is 0.137. The topological polar surface area (TPSA) is 34.9 Å². The second kappa shape index (κ2) is 4.77. The van der Waals surface area contributed by atoms with Crippen LogP contribution < -0.4 is 0 Å². The second-order valence-corrected chi connectivity index (χ2v) is 4.74. The van der Waals surface area contributed by atoms with Crippen molar-refractivity contribution in [2.45, 2.75) is 27.2 Å². The third-order valence-corrected chi connectivity index (χ3v) is 3.52. The lowest BCUT2D eigenvalue weighted by Gasteiger charge is -2.08. The molecule has 0 amide bonds. The summed E-state index contributed by atoms with van der Waals surface area (Å²) in [6, 6.07) is 6.12. The Bertz CT molecular complexity index is 576. The van der Waals surface area contributed by atoms with Crippen molar-refractivity contribution < 1.29 is 4.79 Å². The molecule has 3 nitrogen and oxygen atoms in total. The van der Waals surface area contributed by atoms with Gasteiger partial charge in [-0.25, -0.2) is 0 Å². The van der Waals surface area contributed by atoms with E-state index in [0.717, 1.165) is 16.8 Å². The van der Waals surface area contributed by atoms with E-state index in [-0.39, 0.29) is 5.78 Å². The molecule has 0 N–H and O–H groups in total. The summed E-state index contributed by atoms with van der Waals surface area (Å²) in [7, 11) is 1.85. The molecule has 18 heavy (non-hydrogen) atoms. The van der Waals surface area contributed by atoms with Gasteiger partial charge in [0.1, 0.15) is 0 Å².